The van der Waals surface area contributed by atoms with Crippen LogP contribution in [0, 0.1) is 0 Å². The van der Waals surface area contributed by atoms with Gasteiger partial charge < -0.3 is 5.32 Å². The van der Waals surface area contributed by atoms with Crippen molar-refractivity contribution in [1.82, 2.24) is 20.5 Å². The minimum absolute atomic E-state index is 0.412. The highest BCUT2D eigenvalue weighted by molar-refractivity contribution is 7.14. The smallest absolute Gasteiger partial charge is 0.320 e. The van der Waals surface area contributed by atoms with Gasteiger partial charge in [0.05, 0.1) is 5.56 Å². The summed E-state index contributed by atoms with van der Waals surface area (Å²) in [5.41, 5.74) is -0.352. The summed E-state index contributed by atoms with van der Waals surface area (Å²) < 4.78 is 37.3. The molecule has 2 aromatic heterocycles. The second kappa shape index (κ2) is 6.27. The van der Waals surface area contributed by atoms with E-state index in [1.807, 2.05) is 7.05 Å². The first-order chi connectivity index (χ1) is 9.50. The maximum atomic E-state index is 12.4. The number of hydrogen-bond donors (Lipinski definition) is 1. The van der Waals surface area contributed by atoms with E-state index in [4.69, 9.17) is 0 Å². The molecule has 2 aromatic rings. The number of pyridine rings is 1. The zero-order valence-corrected chi connectivity index (χ0v) is 11.6. The van der Waals surface area contributed by atoms with Crippen molar-refractivity contribution in [2.24, 2.45) is 0 Å². The SMILES string of the molecule is CNCCCc1nnc(-c2ccc(C(F)(F)F)cn2)s1. The summed E-state index contributed by atoms with van der Waals surface area (Å²) in [7, 11) is 1.87. The van der Waals surface area contributed by atoms with Gasteiger partial charge in [0.2, 0.25) is 0 Å². The maximum absolute atomic E-state index is 12.4. The van der Waals surface area contributed by atoms with Crippen molar-refractivity contribution in [2.75, 3.05) is 13.6 Å². The van der Waals surface area contributed by atoms with Gasteiger partial charge in [-0.3, -0.25) is 4.98 Å². The number of aryl methyl sites for hydroxylation is 1. The van der Waals surface area contributed by atoms with E-state index in [0.29, 0.717) is 10.7 Å². The molecule has 0 bridgehead atoms. The Morgan fingerprint density at radius 1 is 1.25 bits per heavy atom. The average molecular weight is 302 g/mol. The van der Waals surface area contributed by atoms with Gasteiger partial charge in [-0.25, -0.2) is 0 Å². The Hall–Kier alpha value is -1.54. The monoisotopic (exact) mass is 302 g/mol. The van der Waals surface area contributed by atoms with Gasteiger partial charge in [0.1, 0.15) is 10.7 Å². The van der Waals surface area contributed by atoms with Crippen LogP contribution < -0.4 is 5.32 Å². The van der Waals surface area contributed by atoms with E-state index < -0.39 is 11.7 Å². The molecule has 0 atom stereocenters. The molecule has 0 amide bonds. The van der Waals surface area contributed by atoms with E-state index in [9.17, 15) is 13.2 Å². The van der Waals surface area contributed by atoms with Crippen LogP contribution in [0.25, 0.3) is 10.7 Å². The first-order valence-corrected chi connectivity index (χ1v) is 6.83. The van der Waals surface area contributed by atoms with Crippen LogP contribution in [-0.4, -0.2) is 28.8 Å². The molecule has 1 N–H and O–H groups in total. The van der Waals surface area contributed by atoms with Crippen molar-refractivity contribution in [3.8, 4) is 10.7 Å². The number of nitrogens with one attached hydrogen (secondary N) is 1. The summed E-state index contributed by atoms with van der Waals surface area (Å²) in [5.74, 6) is 0. The van der Waals surface area contributed by atoms with Crippen LogP contribution in [0.15, 0.2) is 18.3 Å². The van der Waals surface area contributed by atoms with Gasteiger partial charge in [-0.15, -0.1) is 10.2 Å². The van der Waals surface area contributed by atoms with Crippen LogP contribution in [0.4, 0.5) is 13.2 Å². The third-order valence-corrected chi connectivity index (χ3v) is 3.60. The Balaban J connectivity index is 2.08. The molecule has 4 nitrogen and oxygen atoms in total. The first-order valence-electron chi connectivity index (χ1n) is 6.01. The number of rotatable bonds is 5. The fraction of sp³-hybridized carbons (Fsp3) is 0.417. The predicted molar refractivity (Wildman–Crippen MR) is 70.4 cm³/mol. The molecule has 0 aliphatic rings. The molecule has 0 aliphatic heterocycles. The second-order valence-electron chi connectivity index (χ2n) is 4.14. The number of halogens is 3. The highest BCUT2D eigenvalue weighted by Crippen LogP contribution is 2.30. The summed E-state index contributed by atoms with van der Waals surface area (Å²) in [6.45, 7) is 0.882. The van der Waals surface area contributed by atoms with E-state index in [1.165, 1.54) is 17.4 Å². The Morgan fingerprint density at radius 2 is 2.05 bits per heavy atom. The highest BCUT2D eigenvalue weighted by Gasteiger charge is 2.30. The zero-order chi connectivity index (χ0) is 14.6. The fourth-order valence-electron chi connectivity index (χ4n) is 1.56. The first kappa shape index (κ1) is 14.9. The molecule has 8 heteroatoms. The largest absolute Gasteiger partial charge is 0.417 e. The van der Waals surface area contributed by atoms with Gasteiger partial charge in [0, 0.05) is 12.6 Å². The Bertz CT molecular complexity index is 551. The van der Waals surface area contributed by atoms with Crippen LogP contribution in [0.3, 0.4) is 0 Å². The number of hydrogen-bond acceptors (Lipinski definition) is 5. The van der Waals surface area contributed by atoms with Crippen LogP contribution in [0.1, 0.15) is 17.0 Å². The second-order valence-corrected chi connectivity index (χ2v) is 5.20. The lowest BCUT2D eigenvalue weighted by molar-refractivity contribution is -0.137. The molecule has 0 aliphatic carbocycles. The summed E-state index contributed by atoms with van der Waals surface area (Å²) in [4.78, 5) is 3.80. The summed E-state index contributed by atoms with van der Waals surface area (Å²) in [6.07, 6.45) is -1.83. The fourth-order valence-corrected chi connectivity index (χ4v) is 2.42. The van der Waals surface area contributed by atoms with Gasteiger partial charge in [0.15, 0.2) is 5.01 Å². The molecule has 0 saturated heterocycles. The molecule has 0 radical (unpaired) electrons. The third kappa shape index (κ3) is 3.73. The van der Waals surface area contributed by atoms with Gasteiger partial charge in [0.25, 0.3) is 0 Å². The van der Waals surface area contributed by atoms with E-state index in [2.05, 4.69) is 20.5 Å². The van der Waals surface area contributed by atoms with Crippen LogP contribution in [-0.2, 0) is 12.6 Å². The highest BCUT2D eigenvalue weighted by atomic mass is 32.1. The van der Waals surface area contributed by atoms with Crippen molar-refractivity contribution >= 4 is 11.3 Å². The van der Waals surface area contributed by atoms with E-state index >= 15 is 0 Å². The number of aromatic nitrogens is 3. The lowest BCUT2D eigenvalue weighted by Gasteiger charge is -2.05. The lowest BCUT2D eigenvalue weighted by atomic mass is 10.2. The third-order valence-electron chi connectivity index (χ3n) is 2.59. The normalized spacial score (nSPS) is 11.8. The Morgan fingerprint density at radius 3 is 2.65 bits per heavy atom. The van der Waals surface area contributed by atoms with Gasteiger partial charge in [-0.05, 0) is 32.1 Å². The standard InChI is InChI=1S/C12H13F3N4S/c1-16-6-2-3-10-18-19-11(20-10)9-5-4-8(7-17-9)12(13,14)15/h4-5,7,16H,2-3,6H2,1H3. The maximum Gasteiger partial charge on any atom is 0.417 e. The van der Waals surface area contributed by atoms with Gasteiger partial charge in [-0.2, -0.15) is 13.2 Å². The molecular formula is C12H13F3N4S. The number of nitrogens with zero attached hydrogens (tertiary/aromatic N) is 3. The van der Waals surface area contributed by atoms with E-state index in [1.54, 1.807) is 0 Å². The quantitative estimate of drug-likeness (QED) is 0.863. The van der Waals surface area contributed by atoms with Crippen molar-refractivity contribution in [2.45, 2.75) is 19.0 Å². The van der Waals surface area contributed by atoms with Gasteiger partial charge >= 0.3 is 6.18 Å². The van der Waals surface area contributed by atoms with Crippen LogP contribution in [0.5, 0.6) is 0 Å². The minimum atomic E-state index is -4.37. The zero-order valence-electron chi connectivity index (χ0n) is 10.7. The van der Waals surface area contributed by atoms with Crippen molar-refractivity contribution < 1.29 is 13.2 Å². The molecule has 20 heavy (non-hydrogen) atoms. The number of alkyl halides is 3. The minimum Gasteiger partial charge on any atom is -0.320 e. The predicted octanol–water partition coefficient (Wildman–Crippen LogP) is 2.77. The molecule has 108 valence electrons. The average Bonchev–Trinajstić information content (AvgIpc) is 2.87. The van der Waals surface area contributed by atoms with Crippen molar-refractivity contribution in [3.05, 3.63) is 28.9 Å². The molecule has 0 unspecified atom stereocenters. The summed E-state index contributed by atoms with van der Waals surface area (Å²) in [6, 6.07) is 2.32. The summed E-state index contributed by atoms with van der Waals surface area (Å²) >= 11 is 1.36. The molecule has 0 aromatic carbocycles. The molecule has 0 spiro atoms. The van der Waals surface area contributed by atoms with Crippen LogP contribution in [0.2, 0.25) is 0 Å². The van der Waals surface area contributed by atoms with E-state index in [-0.39, 0.29) is 0 Å². The molecule has 2 heterocycles. The van der Waals surface area contributed by atoms with Crippen molar-refractivity contribution in [1.29, 1.82) is 0 Å². The Kier molecular flexibility index (Phi) is 4.66. The topological polar surface area (TPSA) is 50.7 Å². The summed E-state index contributed by atoms with van der Waals surface area (Å²) in [5, 5.41) is 12.4. The molecule has 0 saturated carbocycles. The lowest BCUT2D eigenvalue weighted by Crippen LogP contribution is -2.08. The van der Waals surface area contributed by atoms with E-state index in [0.717, 1.165) is 36.7 Å². The Labute approximate surface area is 118 Å². The molecular weight excluding hydrogens is 289 g/mol. The molecule has 0 fully saturated rings. The van der Waals surface area contributed by atoms with Gasteiger partial charge in [-0.1, -0.05) is 11.3 Å². The van der Waals surface area contributed by atoms with Crippen LogP contribution >= 0.6 is 11.3 Å². The molecule has 2 rings (SSSR count). The van der Waals surface area contributed by atoms with Crippen molar-refractivity contribution in [3.63, 3.8) is 0 Å².